The average molecular weight is 427 g/mol. The molecule has 0 spiro atoms. The van der Waals surface area contributed by atoms with Gasteiger partial charge in [-0.1, -0.05) is 28.1 Å². The zero-order valence-corrected chi connectivity index (χ0v) is 12.7. The number of hydrogen-bond donors (Lipinski definition) is 0. The predicted octanol–water partition coefficient (Wildman–Crippen LogP) is 5.19. The van der Waals surface area contributed by atoms with E-state index in [1.165, 1.54) is 0 Å². The van der Waals surface area contributed by atoms with Gasteiger partial charge in [-0.05, 0) is 46.4 Å². The van der Waals surface area contributed by atoms with E-state index < -0.39 is 22.3 Å². The van der Waals surface area contributed by atoms with Gasteiger partial charge in [0.25, 0.3) is 0 Å². The van der Waals surface area contributed by atoms with E-state index in [9.17, 15) is 13.2 Å². The van der Waals surface area contributed by atoms with E-state index >= 15 is 0 Å². The average Bonchev–Trinajstić information content (AvgIpc) is 2.34. The van der Waals surface area contributed by atoms with E-state index in [1.54, 1.807) is 0 Å². The molecule has 0 saturated heterocycles. The van der Waals surface area contributed by atoms with Crippen LogP contribution in [0.2, 0.25) is 0 Å². The third kappa shape index (κ3) is 2.88. The third-order valence-electron chi connectivity index (χ3n) is 2.48. The zero-order chi connectivity index (χ0) is 13.3. The Morgan fingerprint density at radius 2 is 1.44 bits per heavy atom. The molecule has 0 heterocycles. The van der Waals surface area contributed by atoms with Crippen molar-refractivity contribution in [3.8, 4) is 0 Å². The maximum absolute atomic E-state index is 13.6. The Kier molecular flexibility index (Phi) is 4.32. The number of benzene rings is 2. The lowest BCUT2D eigenvalue weighted by Crippen LogP contribution is -1.99. The molecule has 0 aliphatic rings. The molecule has 1 unspecified atom stereocenters. The smallest absolute Gasteiger partial charge is 0.161 e. The first-order valence-electron chi connectivity index (χ1n) is 5.03. The van der Waals surface area contributed by atoms with Crippen LogP contribution in [0, 0.1) is 21.0 Å². The van der Waals surface area contributed by atoms with Crippen LogP contribution >= 0.6 is 38.5 Å². The van der Waals surface area contributed by atoms with Crippen molar-refractivity contribution in [1.82, 2.24) is 0 Å². The monoisotopic (exact) mass is 426 g/mol. The van der Waals surface area contributed by atoms with Gasteiger partial charge in [-0.25, -0.2) is 13.2 Å². The minimum atomic E-state index is -1.18. The Balaban J connectivity index is 2.42. The lowest BCUT2D eigenvalue weighted by atomic mass is 10.0. The molecule has 0 amide bonds. The number of alkyl halides is 1. The van der Waals surface area contributed by atoms with Gasteiger partial charge in [-0.3, -0.25) is 0 Å². The first-order valence-corrected chi connectivity index (χ1v) is 7.02. The summed E-state index contributed by atoms with van der Waals surface area (Å²) < 4.78 is 40.6. The van der Waals surface area contributed by atoms with E-state index in [0.717, 1.165) is 15.2 Å². The molecule has 0 aromatic heterocycles. The van der Waals surface area contributed by atoms with Gasteiger partial charge in [0.15, 0.2) is 11.6 Å². The highest BCUT2D eigenvalue weighted by molar-refractivity contribution is 14.1. The molecule has 94 valence electrons. The highest BCUT2D eigenvalue weighted by Crippen LogP contribution is 2.33. The van der Waals surface area contributed by atoms with Crippen molar-refractivity contribution in [2.24, 2.45) is 0 Å². The van der Waals surface area contributed by atoms with Crippen LogP contribution in [0.15, 0.2) is 36.4 Å². The van der Waals surface area contributed by atoms with Gasteiger partial charge in [-0.15, -0.1) is 0 Å². The van der Waals surface area contributed by atoms with E-state index in [0.29, 0.717) is 6.07 Å². The molecular weight excluding hydrogens is 420 g/mol. The molecule has 0 aliphatic heterocycles. The number of halogens is 5. The Bertz CT molecular complexity index is 569. The van der Waals surface area contributed by atoms with Crippen molar-refractivity contribution in [3.05, 3.63) is 68.5 Å². The maximum atomic E-state index is 13.6. The second-order valence-electron chi connectivity index (χ2n) is 3.70. The minimum Gasteiger partial charge on any atom is -0.207 e. The fourth-order valence-corrected chi connectivity index (χ4v) is 2.56. The summed E-state index contributed by atoms with van der Waals surface area (Å²) in [4.78, 5) is -0.510. The number of rotatable bonds is 2. The van der Waals surface area contributed by atoms with Crippen LogP contribution in [0.3, 0.4) is 0 Å². The summed E-state index contributed by atoms with van der Waals surface area (Å²) in [7, 11) is 0. The maximum Gasteiger partial charge on any atom is 0.161 e. The normalized spacial score (nSPS) is 12.5. The lowest BCUT2D eigenvalue weighted by molar-refractivity contribution is 0.491. The van der Waals surface area contributed by atoms with Crippen molar-refractivity contribution in [2.75, 3.05) is 0 Å². The van der Waals surface area contributed by atoms with Gasteiger partial charge in [0.1, 0.15) is 5.82 Å². The standard InChI is InChI=1S/C13H7BrF3I/c14-13(7-1-3-8(18)4-2-7)9-5-11(16)12(17)6-10(9)15/h1-6,13H. The van der Waals surface area contributed by atoms with Crippen LogP contribution in [0.1, 0.15) is 16.0 Å². The largest absolute Gasteiger partial charge is 0.207 e. The molecule has 0 aliphatic carbocycles. The van der Waals surface area contributed by atoms with E-state index in [-0.39, 0.29) is 5.56 Å². The Labute approximate surface area is 124 Å². The molecule has 1 atom stereocenters. The Hall–Kier alpha value is -0.560. The van der Waals surface area contributed by atoms with Crippen LogP contribution in [0.5, 0.6) is 0 Å². The van der Waals surface area contributed by atoms with Gasteiger partial charge in [0, 0.05) is 15.2 Å². The van der Waals surface area contributed by atoms with Crippen molar-refractivity contribution in [1.29, 1.82) is 0 Å². The molecule has 0 bridgehead atoms. The Morgan fingerprint density at radius 1 is 0.889 bits per heavy atom. The van der Waals surface area contributed by atoms with Gasteiger partial charge in [0.2, 0.25) is 0 Å². The van der Waals surface area contributed by atoms with Crippen molar-refractivity contribution in [2.45, 2.75) is 4.83 Å². The van der Waals surface area contributed by atoms with E-state index in [4.69, 9.17) is 0 Å². The molecule has 0 saturated carbocycles. The molecule has 2 aromatic rings. The molecule has 2 rings (SSSR count). The second kappa shape index (κ2) is 5.61. The molecule has 0 nitrogen and oxygen atoms in total. The quantitative estimate of drug-likeness (QED) is 0.352. The highest BCUT2D eigenvalue weighted by atomic mass is 127. The van der Waals surface area contributed by atoms with Crippen LogP contribution in [-0.2, 0) is 0 Å². The first-order chi connectivity index (χ1) is 8.49. The SMILES string of the molecule is Fc1cc(F)c(C(Br)c2ccc(I)cc2)cc1F. The summed E-state index contributed by atoms with van der Waals surface area (Å²) in [5, 5.41) is 0. The van der Waals surface area contributed by atoms with Crippen LogP contribution in [0.25, 0.3) is 0 Å². The van der Waals surface area contributed by atoms with Crippen molar-refractivity contribution >= 4 is 38.5 Å². The van der Waals surface area contributed by atoms with E-state index in [1.807, 2.05) is 24.3 Å². The summed E-state index contributed by atoms with van der Waals surface area (Å²) in [6, 6.07) is 8.78. The summed E-state index contributed by atoms with van der Waals surface area (Å²) in [6.07, 6.45) is 0. The van der Waals surface area contributed by atoms with Crippen LogP contribution in [0.4, 0.5) is 13.2 Å². The van der Waals surface area contributed by atoms with E-state index in [2.05, 4.69) is 38.5 Å². The first kappa shape index (κ1) is 13.9. The third-order valence-corrected chi connectivity index (χ3v) is 4.22. The highest BCUT2D eigenvalue weighted by Gasteiger charge is 2.18. The fourth-order valence-electron chi connectivity index (χ4n) is 1.54. The minimum absolute atomic E-state index is 0.0788. The second-order valence-corrected chi connectivity index (χ2v) is 5.86. The van der Waals surface area contributed by atoms with Crippen molar-refractivity contribution < 1.29 is 13.2 Å². The van der Waals surface area contributed by atoms with Gasteiger partial charge in [-0.2, -0.15) is 0 Å². The van der Waals surface area contributed by atoms with Gasteiger partial charge in [0.05, 0.1) is 4.83 Å². The topological polar surface area (TPSA) is 0 Å². The molecule has 5 heteroatoms. The van der Waals surface area contributed by atoms with Gasteiger partial charge < -0.3 is 0 Å². The molecule has 2 aromatic carbocycles. The van der Waals surface area contributed by atoms with Crippen LogP contribution < -0.4 is 0 Å². The number of hydrogen-bond acceptors (Lipinski definition) is 0. The zero-order valence-electron chi connectivity index (χ0n) is 8.93. The molecule has 0 fully saturated rings. The van der Waals surface area contributed by atoms with Gasteiger partial charge >= 0.3 is 0 Å². The molecule has 0 radical (unpaired) electrons. The fraction of sp³-hybridized carbons (Fsp3) is 0.0769. The van der Waals surface area contributed by atoms with Crippen LogP contribution in [-0.4, -0.2) is 0 Å². The molecule has 0 N–H and O–H groups in total. The molecular formula is C13H7BrF3I. The summed E-state index contributed by atoms with van der Waals surface area (Å²) >= 11 is 5.45. The molecule has 18 heavy (non-hydrogen) atoms. The van der Waals surface area contributed by atoms with Crippen molar-refractivity contribution in [3.63, 3.8) is 0 Å². The predicted molar refractivity (Wildman–Crippen MR) is 76.2 cm³/mol. The summed E-state index contributed by atoms with van der Waals surface area (Å²) in [5.74, 6) is -3.01. The summed E-state index contributed by atoms with van der Waals surface area (Å²) in [5.41, 5.74) is 0.857. The lowest BCUT2D eigenvalue weighted by Gasteiger charge is -2.12. The summed E-state index contributed by atoms with van der Waals surface area (Å²) in [6.45, 7) is 0. The Morgan fingerprint density at radius 3 is 2.06 bits per heavy atom.